The highest BCUT2D eigenvalue weighted by atomic mass is 79.9. The van der Waals surface area contributed by atoms with Crippen LogP contribution in [0.5, 0.6) is 11.5 Å². The summed E-state index contributed by atoms with van der Waals surface area (Å²) in [5, 5.41) is 3.75. The van der Waals surface area contributed by atoms with Crippen molar-refractivity contribution in [2.24, 2.45) is 9.98 Å². The van der Waals surface area contributed by atoms with Crippen LogP contribution in [0, 0.1) is 0 Å². The van der Waals surface area contributed by atoms with Gasteiger partial charge < -0.3 is 14.8 Å². The number of benzene rings is 2. The van der Waals surface area contributed by atoms with Gasteiger partial charge in [0, 0.05) is 16.1 Å². The van der Waals surface area contributed by atoms with Gasteiger partial charge in [-0.3, -0.25) is 9.79 Å². The number of hydrogen-bond acceptors (Lipinski definition) is 6. The van der Waals surface area contributed by atoms with Crippen molar-refractivity contribution in [2.45, 2.75) is 31.3 Å². The van der Waals surface area contributed by atoms with Crippen LogP contribution in [0.15, 0.2) is 56.9 Å². The summed E-state index contributed by atoms with van der Waals surface area (Å²) >= 11 is 4.91. The highest BCUT2D eigenvalue weighted by Gasteiger charge is 2.39. The Hall–Kier alpha value is -2.32. The molecule has 0 bridgehead atoms. The number of amides is 1. The van der Waals surface area contributed by atoms with Crippen LogP contribution in [0.1, 0.15) is 31.2 Å². The zero-order valence-electron chi connectivity index (χ0n) is 17.5. The van der Waals surface area contributed by atoms with Crippen LogP contribution in [-0.4, -0.2) is 42.3 Å². The molecule has 162 valence electrons. The fraction of sp³-hybridized carbons (Fsp3) is 0.348. The van der Waals surface area contributed by atoms with Crippen LogP contribution < -0.4 is 14.8 Å². The van der Waals surface area contributed by atoms with Gasteiger partial charge in [0.25, 0.3) is 0 Å². The van der Waals surface area contributed by atoms with Gasteiger partial charge in [0.15, 0.2) is 5.66 Å². The van der Waals surface area contributed by atoms with Crippen LogP contribution in [-0.2, 0) is 4.79 Å². The van der Waals surface area contributed by atoms with Crippen molar-refractivity contribution in [2.75, 3.05) is 25.3 Å². The maximum Gasteiger partial charge on any atom is 0.234 e. The molecule has 1 N–H and O–H groups in total. The van der Waals surface area contributed by atoms with E-state index in [1.165, 1.54) is 11.8 Å². The van der Waals surface area contributed by atoms with Crippen molar-refractivity contribution in [3.05, 3.63) is 52.5 Å². The van der Waals surface area contributed by atoms with Gasteiger partial charge >= 0.3 is 0 Å². The van der Waals surface area contributed by atoms with Crippen molar-refractivity contribution in [1.29, 1.82) is 0 Å². The Bertz CT molecular complexity index is 1030. The number of thioether (sulfide) groups is 1. The van der Waals surface area contributed by atoms with E-state index >= 15 is 0 Å². The standard InChI is InChI=1S/C23H24BrN3O3S/c1-29-17-9-10-19(30-2)18(13-17)25-20(28)14-31-22-21(15-5-7-16(24)8-6-15)26-23(27-22)11-3-4-12-23/h5-10,13H,3-4,11-12,14H2,1-2H3,(H,25,28). The zero-order chi connectivity index (χ0) is 21.8. The molecule has 1 spiro atoms. The Morgan fingerprint density at radius 1 is 1.10 bits per heavy atom. The summed E-state index contributed by atoms with van der Waals surface area (Å²) in [6.45, 7) is 0. The second-order valence-electron chi connectivity index (χ2n) is 7.48. The Balaban J connectivity index is 1.49. The van der Waals surface area contributed by atoms with E-state index in [2.05, 4.69) is 21.2 Å². The topological polar surface area (TPSA) is 72.3 Å². The Morgan fingerprint density at radius 2 is 1.84 bits per heavy atom. The molecule has 0 radical (unpaired) electrons. The monoisotopic (exact) mass is 501 g/mol. The number of carbonyl (C=O) groups excluding carboxylic acids is 1. The number of nitrogens with one attached hydrogen (secondary N) is 1. The molecule has 1 aliphatic heterocycles. The molecule has 1 saturated carbocycles. The predicted molar refractivity (Wildman–Crippen MR) is 130 cm³/mol. The molecule has 2 aromatic carbocycles. The Labute approximate surface area is 194 Å². The van der Waals surface area contributed by atoms with Crippen molar-refractivity contribution in [3.63, 3.8) is 0 Å². The molecule has 1 amide bonds. The van der Waals surface area contributed by atoms with Crippen molar-refractivity contribution in [1.82, 2.24) is 0 Å². The largest absolute Gasteiger partial charge is 0.497 e. The smallest absolute Gasteiger partial charge is 0.234 e. The van der Waals surface area contributed by atoms with E-state index in [4.69, 9.17) is 19.5 Å². The minimum Gasteiger partial charge on any atom is -0.497 e. The SMILES string of the molecule is COc1ccc(OC)c(NC(=O)CSC2=NC3(CCCC3)N=C2c2ccc(Br)cc2)c1. The van der Waals surface area contributed by atoms with Crippen LogP contribution in [0.2, 0.25) is 0 Å². The summed E-state index contributed by atoms with van der Waals surface area (Å²) in [6, 6.07) is 13.4. The minimum absolute atomic E-state index is 0.137. The number of halogens is 1. The van der Waals surface area contributed by atoms with Gasteiger partial charge in [-0.15, -0.1) is 0 Å². The van der Waals surface area contributed by atoms with Crippen molar-refractivity contribution < 1.29 is 14.3 Å². The molecule has 31 heavy (non-hydrogen) atoms. The Kier molecular flexibility index (Phi) is 6.67. The molecule has 1 aliphatic carbocycles. The summed E-state index contributed by atoms with van der Waals surface area (Å²) in [4.78, 5) is 22.7. The quantitative estimate of drug-likeness (QED) is 0.581. The van der Waals surface area contributed by atoms with E-state index in [1.54, 1.807) is 32.4 Å². The van der Waals surface area contributed by atoms with E-state index in [-0.39, 0.29) is 17.3 Å². The van der Waals surface area contributed by atoms with Crippen LogP contribution in [0.25, 0.3) is 0 Å². The van der Waals surface area contributed by atoms with Gasteiger partial charge in [0.1, 0.15) is 16.5 Å². The van der Waals surface area contributed by atoms with Gasteiger partial charge in [-0.1, -0.05) is 39.8 Å². The van der Waals surface area contributed by atoms with E-state index in [1.807, 2.05) is 24.3 Å². The van der Waals surface area contributed by atoms with E-state index in [9.17, 15) is 4.79 Å². The second kappa shape index (κ2) is 9.44. The van der Waals surface area contributed by atoms with Gasteiger partial charge in [-0.05, 0) is 49.9 Å². The number of ether oxygens (including phenoxy) is 2. The first kappa shape index (κ1) is 21.9. The normalized spacial score (nSPS) is 16.7. The number of anilines is 1. The minimum atomic E-state index is -0.350. The van der Waals surface area contributed by atoms with Crippen molar-refractivity contribution in [3.8, 4) is 11.5 Å². The summed E-state index contributed by atoms with van der Waals surface area (Å²) in [7, 11) is 3.16. The van der Waals surface area contributed by atoms with Gasteiger partial charge in [-0.2, -0.15) is 0 Å². The second-order valence-corrected chi connectivity index (χ2v) is 9.36. The molecule has 1 fully saturated rings. The summed E-state index contributed by atoms with van der Waals surface area (Å²) in [5.41, 5.74) is 2.13. The molecule has 1 heterocycles. The molecule has 0 saturated heterocycles. The molecule has 0 unspecified atom stereocenters. The number of carbonyl (C=O) groups is 1. The lowest BCUT2D eigenvalue weighted by molar-refractivity contribution is -0.113. The lowest BCUT2D eigenvalue weighted by Gasteiger charge is -2.14. The summed E-state index contributed by atoms with van der Waals surface area (Å²) < 4.78 is 11.6. The molecule has 8 heteroatoms. The fourth-order valence-electron chi connectivity index (χ4n) is 3.82. The molecule has 6 nitrogen and oxygen atoms in total. The van der Waals surface area contributed by atoms with Crippen LogP contribution in [0.4, 0.5) is 5.69 Å². The molecular formula is C23H24BrN3O3S. The highest BCUT2D eigenvalue weighted by molar-refractivity contribution is 9.10. The third-order valence-corrected chi connectivity index (χ3v) is 6.87. The van der Waals surface area contributed by atoms with Gasteiger partial charge in [0.05, 0.1) is 31.4 Å². The number of nitrogens with zero attached hydrogens (tertiary/aromatic N) is 2. The fourth-order valence-corrected chi connectivity index (χ4v) is 4.96. The third kappa shape index (κ3) is 4.96. The third-order valence-electron chi connectivity index (χ3n) is 5.37. The van der Waals surface area contributed by atoms with E-state index in [0.717, 1.165) is 46.5 Å². The molecule has 2 aromatic rings. The summed E-state index contributed by atoms with van der Waals surface area (Å²) in [5.74, 6) is 1.32. The highest BCUT2D eigenvalue weighted by Crippen LogP contribution is 2.40. The van der Waals surface area contributed by atoms with Crippen molar-refractivity contribution >= 4 is 50.0 Å². The first-order valence-electron chi connectivity index (χ1n) is 10.1. The molecule has 2 aliphatic rings. The van der Waals surface area contributed by atoms with Gasteiger partial charge in [-0.25, -0.2) is 4.99 Å². The lowest BCUT2D eigenvalue weighted by atomic mass is 10.1. The molecular weight excluding hydrogens is 478 g/mol. The molecule has 4 rings (SSSR count). The maximum atomic E-state index is 12.7. The maximum absolute atomic E-state index is 12.7. The number of rotatable bonds is 6. The molecule has 0 aromatic heterocycles. The predicted octanol–water partition coefficient (Wildman–Crippen LogP) is 5.31. The van der Waals surface area contributed by atoms with Crippen LogP contribution in [0.3, 0.4) is 0 Å². The summed E-state index contributed by atoms with van der Waals surface area (Å²) in [6.07, 6.45) is 4.19. The van der Waals surface area contributed by atoms with Crippen LogP contribution >= 0.6 is 27.7 Å². The van der Waals surface area contributed by atoms with Gasteiger partial charge in [0.2, 0.25) is 5.91 Å². The van der Waals surface area contributed by atoms with E-state index in [0.29, 0.717) is 17.2 Å². The lowest BCUT2D eigenvalue weighted by Crippen LogP contribution is -2.18. The zero-order valence-corrected chi connectivity index (χ0v) is 19.9. The average Bonchev–Trinajstić information content (AvgIpc) is 3.39. The number of hydrogen-bond donors (Lipinski definition) is 1. The average molecular weight is 502 g/mol. The molecule has 0 atom stereocenters. The number of aliphatic imine (C=N–C) groups is 2. The first-order chi connectivity index (χ1) is 15.0. The Morgan fingerprint density at radius 3 is 2.52 bits per heavy atom. The first-order valence-corrected chi connectivity index (χ1v) is 11.9. The number of methoxy groups -OCH3 is 2. The van der Waals surface area contributed by atoms with E-state index < -0.39 is 0 Å².